The summed E-state index contributed by atoms with van der Waals surface area (Å²) in [6.45, 7) is 0.619. The zero-order chi connectivity index (χ0) is 12.7. The molecule has 0 aliphatic heterocycles. The molecule has 0 unspecified atom stereocenters. The van der Waals surface area contributed by atoms with E-state index in [1.54, 1.807) is 18.3 Å². The molecule has 17 heavy (non-hydrogen) atoms. The van der Waals surface area contributed by atoms with Gasteiger partial charge in [0.15, 0.2) is 0 Å². The number of hydrogen-bond donors (Lipinski definition) is 1. The third kappa shape index (κ3) is 4.34. The van der Waals surface area contributed by atoms with Crippen molar-refractivity contribution in [2.45, 2.75) is 6.42 Å². The maximum atomic E-state index is 10.3. The van der Waals surface area contributed by atoms with Crippen molar-refractivity contribution in [2.75, 3.05) is 18.5 Å². The number of carboxylic acids is 1. The Labute approximate surface area is 99.6 Å². The fourth-order valence-electron chi connectivity index (χ4n) is 1.22. The van der Waals surface area contributed by atoms with Crippen LogP contribution in [0.4, 0.5) is 5.82 Å². The van der Waals surface area contributed by atoms with E-state index in [2.05, 4.69) is 11.1 Å². The van der Waals surface area contributed by atoms with Crippen molar-refractivity contribution in [1.29, 1.82) is 5.26 Å². The van der Waals surface area contributed by atoms with Crippen LogP contribution in [0, 0.1) is 11.3 Å². The molecule has 0 spiro atoms. The second kappa shape index (κ2) is 6.28. The maximum Gasteiger partial charge on any atom is 0.328 e. The average Bonchev–Trinajstić information content (AvgIpc) is 2.34. The molecule has 5 heteroatoms. The van der Waals surface area contributed by atoms with Crippen molar-refractivity contribution in [3.05, 3.63) is 30.0 Å². The van der Waals surface area contributed by atoms with Crippen LogP contribution in [0.15, 0.2) is 24.4 Å². The predicted octanol–water partition coefficient (Wildman–Crippen LogP) is 1.53. The van der Waals surface area contributed by atoms with Gasteiger partial charge in [0.1, 0.15) is 5.82 Å². The topological polar surface area (TPSA) is 77.2 Å². The SMILES string of the molecule is CN(CCC#N)c1ccc(/C=C/C(=O)O)cn1. The van der Waals surface area contributed by atoms with E-state index in [0.29, 0.717) is 13.0 Å². The number of nitrogens with zero attached hydrogens (tertiary/aromatic N) is 3. The maximum absolute atomic E-state index is 10.3. The predicted molar refractivity (Wildman–Crippen MR) is 64.4 cm³/mol. The summed E-state index contributed by atoms with van der Waals surface area (Å²) in [6.07, 6.45) is 4.58. The molecular weight excluding hydrogens is 218 g/mol. The number of nitriles is 1. The van der Waals surface area contributed by atoms with E-state index < -0.39 is 5.97 Å². The van der Waals surface area contributed by atoms with E-state index in [-0.39, 0.29) is 0 Å². The highest BCUT2D eigenvalue weighted by atomic mass is 16.4. The highest BCUT2D eigenvalue weighted by Gasteiger charge is 2.01. The average molecular weight is 231 g/mol. The van der Waals surface area contributed by atoms with Gasteiger partial charge in [0, 0.05) is 25.9 Å². The number of rotatable bonds is 5. The fraction of sp³-hybridized carbons (Fsp3) is 0.250. The monoisotopic (exact) mass is 231 g/mol. The lowest BCUT2D eigenvalue weighted by Crippen LogP contribution is -2.19. The molecule has 1 N–H and O–H groups in total. The van der Waals surface area contributed by atoms with Gasteiger partial charge in [-0.2, -0.15) is 5.26 Å². The normalized spacial score (nSPS) is 10.1. The summed E-state index contributed by atoms with van der Waals surface area (Å²) in [5.41, 5.74) is 0.727. The van der Waals surface area contributed by atoms with Gasteiger partial charge in [-0.05, 0) is 23.8 Å². The Morgan fingerprint density at radius 2 is 2.41 bits per heavy atom. The largest absolute Gasteiger partial charge is 0.478 e. The standard InChI is InChI=1S/C12H13N3O2/c1-15(8-2-7-13)11-5-3-10(9-14-11)4-6-12(16)17/h3-6,9H,2,8H2,1H3,(H,16,17)/b6-4+. The highest BCUT2D eigenvalue weighted by Crippen LogP contribution is 2.10. The van der Waals surface area contributed by atoms with Crippen molar-refractivity contribution in [2.24, 2.45) is 0 Å². The molecule has 1 heterocycles. The summed E-state index contributed by atoms with van der Waals surface area (Å²) in [5, 5.41) is 16.9. The van der Waals surface area contributed by atoms with Gasteiger partial charge >= 0.3 is 5.97 Å². The van der Waals surface area contributed by atoms with Crippen molar-refractivity contribution >= 4 is 17.9 Å². The van der Waals surface area contributed by atoms with Crippen molar-refractivity contribution in [1.82, 2.24) is 4.98 Å². The first-order valence-electron chi connectivity index (χ1n) is 5.08. The van der Waals surface area contributed by atoms with Gasteiger partial charge in [-0.1, -0.05) is 0 Å². The molecule has 1 aromatic rings. The van der Waals surface area contributed by atoms with E-state index >= 15 is 0 Å². The van der Waals surface area contributed by atoms with Crippen molar-refractivity contribution < 1.29 is 9.90 Å². The van der Waals surface area contributed by atoms with E-state index in [0.717, 1.165) is 17.5 Å². The minimum absolute atomic E-state index is 0.443. The molecule has 0 saturated carbocycles. The molecule has 0 aliphatic carbocycles. The van der Waals surface area contributed by atoms with Crippen molar-refractivity contribution in [3.63, 3.8) is 0 Å². The third-order valence-electron chi connectivity index (χ3n) is 2.14. The molecule has 0 amide bonds. The van der Waals surface area contributed by atoms with Crippen LogP contribution in [0.5, 0.6) is 0 Å². The second-order valence-electron chi connectivity index (χ2n) is 3.45. The molecule has 5 nitrogen and oxygen atoms in total. The Kier molecular flexibility index (Phi) is 4.70. The van der Waals surface area contributed by atoms with Gasteiger partial charge in [0.05, 0.1) is 12.5 Å². The Hall–Kier alpha value is -2.35. The van der Waals surface area contributed by atoms with Gasteiger partial charge in [-0.25, -0.2) is 9.78 Å². The molecule has 0 radical (unpaired) electrons. The summed E-state index contributed by atoms with van der Waals surface area (Å²) < 4.78 is 0. The third-order valence-corrected chi connectivity index (χ3v) is 2.14. The summed E-state index contributed by atoms with van der Waals surface area (Å²) >= 11 is 0. The van der Waals surface area contributed by atoms with Crippen LogP contribution in [0.25, 0.3) is 6.08 Å². The first-order valence-corrected chi connectivity index (χ1v) is 5.08. The first kappa shape index (κ1) is 12.7. The molecule has 0 fully saturated rings. The first-order chi connectivity index (χ1) is 8.13. The quantitative estimate of drug-likeness (QED) is 0.777. The van der Waals surface area contributed by atoms with Crippen molar-refractivity contribution in [3.8, 4) is 6.07 Å². The van der Waals surface area contributed by atoms with Crippen LogP contribution in [0.3, 0.4) is 0 Å². The Bertz CT molecular complexity index is 446. The van der Waals surface area contributed by atoms with Gasteiger partial charge in [-0.15, -0.1) is 0 Å². The lowest BCUT2D eigenvalue weighted by molar-refractivity contribution is -0.131. The molecule has 0 aromatic carbocycles. The lowest BCUT2D eigenvalue weighted by atomic mass is 10.2. The molecule has 0 atom stereocenters. The molecule has 88 valence electrons. The van der Waals surface area contributed by atoms with E-state index in [9.17, 15) is 4.79 Å². The lowest BCUT2D eigenvalue weighted by Gasteiger charge is -2.15. The number of aliphatic carboxylic acids is 1. The number of hydrogen-bond acceptors (Lipinski definition) is 4. The summed E-state index contributed by atoms with van der Waals surface area (Å²) in [5.74, 6) is -0.229. The summed E-state index contributed by atoms with van der Waals surface area (Å²) in [7, 11) is 1.85. The van der Waals surface area contributed by atoms with Gasteiger partial charge < -0.3 is 10.0 Å². The van der Waals surface area contributed by atoms with Gasteiger partial charge in [-0.3, -0.25) is 0 Å². The Morgan fingerprint density at radius 3 is 2.94 bits per heavy atom. The van der Waals surface area contributed by atoms with Crippen LogP contribution >= 0.6 is 0 Å². The molecule has 0 bridgehead atoms. The number of carboxylic acid groups (broad SMARTS) is 1. The van der Waals surface area contributed by atoms with Crippen LogP contribution in [0.1, 0.15) is 12.0 Å². The van der Waals surface area contributed by atoms with E-state index in [1.165, 1.54) is 6.08 Å². The van der Waals surface area contributed by atoms with Gasteiger partial charge in [0.2, 0.25) is 0 Å². The fourth-order valence-corrected chi connectivity index (χ4v) is 1.22. The van der Waals surface area contributed by atoms with Crippen LogP contribution in [0.2, 0.25) is 0 Å². The molecule has 0 aliphatic rings. The van der Waals surface area contributed by atoms with E-state index in [1.807, 2.05) is 11.9 Å². The number of pyridine rings is 1. The summed E-state index contributed by atoms with van der Waals surface area (Å²) in [4.78, 5) is 16.4. The smallest absolute Gasteiger partial charge is 0.328 e. The molecule has 1 aromatic heterocycles. The zero-order valence-corrected chi connectivity index (χ0v) is 9.50. The zero-order valence-electron chi connectivity index (χ0n) is 9.50. The summed E-state index contributed by atoms with van der Waals surface area (Å²) in [6, 6.07) is 5.64. The van der Waals surface area contributed by atoms with E-state index in [4.69, 9.17) is 10.4 Å². The number of carbonyl (C=O) groups is 1. The Morgan fingerprint density at radius 1 is 1.65 bits per heavy atom. The molecule has 1 rings (SSSR count). The minimum Gasteiger partial charge on any atom is -0.478 e. The van der Waals surface area contributed by atoms with Crippen LogP contribution < -0.4 is 4.90 Å². The van der Waals surface area contributed by atoms with Gasteiger partial charge in [0.25, 0.3) is 0 Å². The van der Waals surface area contributed by atoms with Crippen LogP contribution in [-0.4, -0.2) is 29.7 Å². The molecule has 0 saturated heterocycles. The number of aromatic nitrogens is 1. The van der Waals surface area contributed by atoms with Crippen LogP contribution in [-0.2, 0) is 4.79 Å². The molecular formula is C12H13N3O2. The second-order valence-corrected chi connectivity index (χ2v) is 3.45. The number of anilines is 1. The Balaban J connectivity index is 2.68. The minimum atomic E-state index is -0.986. The highest BCUT2D eigenvalue weighted by molar-refractivity contribution is 5.85.